The lowest BCUT2D eigenvalue weighted by Gasteiger charge is -2.36. The van der Waals surface area contributed by atoms with E-state index < -0.39 is 35.9 Å². The molecule has 0 aliphatic carbocycles. The van der Waals surface area contributed by atoms with Crippen molar-refractivity contribution in [1.29, 1.82) is 0 Å². The Kier molecular flexibility index (Phi) is 4.21. The predicted molar refractivity (Wildman–Crippen MR) is 74.1 cm³/mol. The van der Waals surface area contributed by atoms with Gasteiger partial charge in [0.2, 0.25) is 0 Å². The second-order valence-electron chi connectivity index (χ2n) is 6.28. The summed E-state index contributed by atoms with van der Waals surface area (Å²) in [7, 11) is 0. The number of carbonyl (C=O) groups is 2. The van der Waals surface area contributed by atoms with E-state index in [-0.39, 0.29) is 24.3 Å². The third kappa shape index (κ3) is 3.07. The molecule has 0 aromatic carbocycles. The molecular weight excluding hydrogens is 315 g/mol. The number of halogens is 3. The maximum absolute atomic E-state index is 13.1. The highest BCUT2D eigenvalue weighted by molar-refractivity contribution is 5.98. The third-order valence-corrected chi connectivity index (χ3v) is 4.41. The van der Waals surface area contributed by atoms with Gasteiger partial charge >= 0.3 is 12.1 Å². The molecule has 1 atom stereocenters. The molecule has 0 radical (unpaired) electrons. The van der Waals surface area contributed by atoms with E-state index in [4.69, 9.17) is 9.52 Å². The number of likely N-dealkylation sites (tertiary alicyclic amines) is 1. The first kappa shape index (κ1) is 17.4. The minimum atomic E-state index is -4.39. The monoisotopic (exact) mass is 333 g/mol. The normalized spacial score (nSPS) is 20.8. The van der Waals surface area contributed by atoms with E-state index in [9.17, 15) is 22.8 Å². The molecule has 1 saturated heterocycles. The van der Waals surface area contributed by atoms with Gasteiger partial charge in [0.15, 0.2) is 0 Å². The molecule has 1 aliphatic rings. The zero-order valence-electron chi connectivity index (χ0n) is 13.0. The van der Waals surface area contributed by atoms with Crippen molar-refractivity contribution in [2.75, 3.05) is 6.54 Å². The highest BCUT2D eigenvalue weighted by Gasteiger charge is 2.56. The van der Waals surface area contributed by atoms with Crippen LogP contribution in [0.4, 0.5) is 13.2 Å². The molecule has 2 rings (SSSR count). The van der Waals surface area contributed by atoms with Crippen molar-refractivity contribution in [2.24, 2.45) is 5.92 Å². The van der Waals surface area contributed by atoms with E-state index >= 15 is 0 Å². The summed E-state index contributed by atoms with van der Waals surface area (Å²) >= 11 is 0. The summed E-state index contributed by atoms with van der Waals surface area (Å²) in [6.45, 7) is 4.28. The van der Waals surface area contributed by atoms with E-state index in [1.54, 1.807) is 6.92 Å². The van der Waals surface area contributed by atoms with Gasteiger partial charge in [-0.3, -0.25) is 9.59 Å². The Morgan fingerprint density at radius 2 is 2.04 bits per heavy atom. The number of rotatable bonds is 3. The topological polar surface area (TPSA) is 70.7 Å². The lowest BCUT2D eigenvalue weighted by molar-refractivity contribution is -0.189. The molecule has 0 bridgehead atoms. The summed E-state index contributed by atoms with van der Waals surface area (Å²) in [6.07, 6.45) is -3.82. The fourth-order valence-electron chi connectivity index (χ4n) is 3.20. The van der Waals surface area contributed by atoms with Gasteiger partial charge in [-0.25, -0.2) is 0 Å². The van der Waals surface area contributed by atoms with Crippen LogP contribution in [0.5, 0.6) is 0 Å². The lowest BCUT2D eigenvalue weighted by Crippen LogP contribution is -2.50. The summed E-state index contributed by atoms with van der Waals surface area (Å²) in [5.41, 5.74) is -0.944. The van der Waals surface area contributed by atoms with E-state index in [0.717, 1.165) is 4.90 Å². The molecule has 0 saturated carbocycles. The van der Waals surface area contributed by atoms with Crippen LogP contribution in [-0.2, 0) is 11.2 Å². The molecule has 1 aromatic heterocycles. The predicted octanol–water partition coefficient (Wildman–Crippen LogP) is 3.02. The zero-order valence-corrected chi connectivity index (χ0v) is 13.0. The summed E-state index contributed by atoms with van der Waals surface area (Å²) < 4.78 is 44.5. The number of aliphatic carboxylic acids is 1. The molecule has 8 heteroatoms. The first-order valence-corrected chi connectivity index (χ1v) is 7.13. The molecular formula is C15H18F3NO4. The maximum Gasteiger partial charge on any atom is 0.394 e. The van der Waals surface area contributed by atoms with Gasteiger partial charge in [-0.1, -0.05) is 0 Å². The summed E-state index contributed by atoms with van der Waals surface area (Å²) in [6, 6.07) is 0. The van der Waals surface area contributed by atoms with Crippen LogP contribution in [0, 0.1) is 12.8 Å². The fourth-order valence-corrected chi connectivity index (χ4v) is 3.20. The Balaban J connectivity index is 2.35. The molecule has 1 aliphatic heterocycles. The number of carboxylic acids is 1. The molecule has 1 unspecified atom stereocenters. The van der Waals surface area contributed by atoms with Gasteiger partial charge < -0.3 is 14.4 Å². The standard InChI is InChI=1S/C15H18F3NO4/c1-8-7-23-9(6-11(20)21)12(8)13(22)19-5-4-10(14(19,2)3)15(16,17)18/h7,10H,4-6H2,1-3H3,(H,20,21). The Morgan fingerprint density at radius 1 is 1.43 bits per heavy atom. The molecule has 5 nitrogen and oxygen atoms in total. The number of hydrogen-bond donors (Lipinski definition) is 1. The van der Waals surface area contributed by atoms with Crippen LogP contribution in [-0.4, -0.2) is 40.1 Å². The van der Waals surface area contributed by atoms with E-state index in [1.807, 2.05) is 0 Å². The average molecular weight is 333 g/mol. The minimum absolute atomic E-state index is 0.0346. The van der Waals surface area contributed by atoms with Gasteiger partial charge in [-0.05, 0) is 27.2 Å². The van der Waals surface area contributed by atoms with Crippen LogP contribution in [0.1, 0.15) is 41.9 Å². The van der Waals surface area contributed by atoms with Crippen molar-refractivity contribution in [3.8, 4) is 0 Å². The number of furan rings is 1. The fraction of sp³-hybridized carbons (Fsp3) is 0.600. The van der Waals surface area contributed by atoms with Gasteiger partial charge in [0, 0.05) is 17.6 Å². The third-order valence-electron chi connectivity index (χ3n) is 4.41. The summed E-state index contributed by atoms with van der Waals surface area (Å²) in [5, 5.41) is 8.87. The van der Waals surface area contributed by atoms with Crippen LogP contribution >= 0.6 is 0 Å². The van der Waals surface area contributed by atoms with Crippen LogP contribution < -0.4 is 0 Å². The first-order valence-electron chi connectivity index (χ1n) is 7.13. The number of aryl methyl sites for hydroxylation is 1. The zero-order chi connectivity index (χ0) is 17.6. The van der Waals surface area contributed by atoms with Gasteiger partial charge in [0.1, 0.15) is 12.2 Å². The highest BCUT2D eigenvalue weighted by Crippen LogP contribution is 2.45. The molecule has 0 spiro atoms. The van der Waals surface area contributed by atoms with Gasteiger partial charge in [-0.2, -0.15) is 13.2 Å². The van der Waals surface area contributed by atoms with Crippen LogP contribution in [0.15, 0.2) is 10.7 Å². The molecule has 1 aromatic rings. The maximum atomic E-state index is 13.1. The van der Waals surface area contributed by atoms with Crippen molar-refractivity contribution < 1.29 is 32.3 Å². The molecule has 2 heterocycles. The number of carboxylic acid groups (broad SMARTS) is 1. The molecule has 128 valence electrons. The van der Waals surface area contributed by atoms with Gasteiger partial charge in [0.25, 0.3) is 5.91 Å². The first-order chi connectivity index (χ1) is 10.5. The number of alkyl halides is 3. The second kappa shape index (κ2) is 5.58. The number of carbonyl (C=O) groups excluding carboxylic acids is 1. The lowest BCUT2D eigenvalue weighted by atomic mass is 9.87. The Hall–Kier alpha value is -1.99. The van der Waals surface area contributed by atoms with E-state index in [2.05, 4.69) is 0 Å². The molecule has 1 amide bonds. The van der Waals surface area contributed by atoms with Gasteiger partial charge in [0.05, 0.1) is 17.7 Å². The van der Waals surface area contributed by atoms with Crippen molar-refractivity contribution >= 4 is 11.9 Å². The smallest absolute Gasteiger partial charge is 0.394 e. The van der Waals surface area contributed by atoms with Crippen LogP contribution in [0.3, 0.4) is 0 Å². The van der Waals surface area contributed by atoms with E-state index in [1.165, 1.54) is 20.1 Å². The number of amides is 1. The summed E-state index contributed by atoms with van der Waals surface area (Å²) in [4.78, 5) is 24.7. The molecule has 1 fully saturated rings. The largest absolute Gasteiger partial charge is 0.481 e. The Bertz CT molecular complexity index is 633. The number of hydrogen-bond acceptors (Lipinski definition) is 3. The average Bonchev–Trinajstić information content (AvgIpc) is 2.87. The van der Waals surface area contributed by atoms with Crippen LogP contribution in [0.2, 0.25) is 0 Å². The minimum Gasteiger partial charge on any atom is -0.481 e. The van der Waals surface area contributed by atoms with Crippen molar-refractivity contribution in [3.05, 3.63) is 23.2 Å². The van der Waals surface area contributed by atoms with Crippen LogP contribution in [0.25, 0.3) is 0 Å². The highest BCUT2D eigenvalue weighted by atomic mass is 19.4. The van der Waals surface area contributed by atoms with Crippen molar-refractivity contribution in [1.82, 2.24) is 4.90 Å². The SMILES string of the molecule is Cc1coc(CC(=O)O)c1C(=O)N1CCC(C(F)(F)F)C1(C)C. The Morgan fingerprint density at radius 3 is 2.52 bits per heavy atom. The molecule has 1 N–H and O–H groups in total. The second-order valence-corrected chi connectivity index (χ2v) is 6.28. The van der Waals surface area contributed by atoms with E-state index in [0.29, 0.717) is 5.56 Å². The Labute approximate surface area is 131 Å². The van der Waals surface area contributed by atoms with Crippen molar-refractivity contribution in [2.45, 2.75) is 45.3 Å². The van der Waals surface area contributed by atoms with Gasteiger partial charge in [-0.15, -0.1) is 0 Å². The molecule has 23 heavy (non-hydrogen) atoms. The number of nitrogens with zero attached hydrogens (tertiary/aromatic N) is 1. The van der Waals surface area contributed by atoms with Crippen molar-refractivity contribution in [3.63, 3.8) is 0 Å². The summed E-state index contributed by atoms with van der Waals surface area (Å²) in [5.74, 6) is -3.45. The quantitative estimate of drug-likeness (QED) is 0.923.